The molecule has 0 spiro atoms. The SMILES string of the molecule is Cc1cc(C#N)cc(-c2c(-n3c4ccccc4c4cc(-c5ccccc5)ccc43)cc(C#N)cc2-n2c3ccccc3c3cc(-c4ccccc4)ccc32)c1. The summed E-state index contributed by atoms with van der Waals surface area (Å²) in [4.78, 5) is 0. The van der Waals surface area contributed by atoms with Gasteiger partial charge in [-0.25, -0.2) is 0 Å². The number of aromatic nitrogens is 2. The Labute approximate surface area is 318 Å². The predicted octanol–water partition coefficient (Wildman–Crippen LogP) is 12.9. The molecule has 2 heterocycles. The number of fused-ring (bicyclic) bond motifs is 6. The molecule has 0 fully saturated rings. The maximum atomic E-state index is 10.7. The monoisotopic (exact) mass is 700 g/mol. The summed E-state index contributed by atoms with van der Waals surface area (Å²) >= 11 is 0. The van der Waals surface area contributed by atoms with Crippen molar-refractivity contribution in [2.24, 2.45) is 0 Å². The third-order valence-electron chi connectivity index (χ3n) is 10.8. The van der Waals surface area contributed by atoms with Gasteiger partial charge in [0.25, 0.3) is 0 Å². The van der Waals surface area contributed by atoms with Crippen LogP contribution in [-0.4, -0.2) is 9.13 Å². The Bertz CT molecular complexity index is 3050. The van der Waals surface area contributed by atoms with E-state index in [0.717, 1.165) is 93.9 Å². The molecular formula is C51H32N4. The highest BCUT2D eigenvalue weighted by Crippen LogP contribution is 2.44. The maximum Gasteiger partial charge on any atom is 0.0993 e. The van der Waals surface area contributed by atoms with Crippen LogP contribution >= 0.6 is 0 Å². The molecule has 0 aliphatic carbocycles. The summed E-state index contributed by atoms with van der Waals surface area (Å²) in [7, 11) is 0. The van der Waals surface area contributed by atoms with E-state index < -0.39 is 0 Å². The van der Waals surface area contributed by atoms with Gasteiger partial charge in [0.05, 0.1) is 56.7 Å². The van der Waals surface area contributed by atoms with Crippen LogP contribution in [0.3, 0.4) is 0 Å². The number of nitriles is 2. The van der Waals surface area contributed by atoms with Gasteiger partial charge in [-0.15, -0.1) is 0 Å². The number of hydrogen-bond acceptors (Lipinski definition) is 2. The van der Waals surface area contributed by atoms with Crippen LogP contribution in [0.2, 0.25) is 0 Å². The predicted molar refractivity (Wildman–Crippen MR) is 226 cm³/mol. The van der Waals surface area contributed by atoms with Gasteiger partial charge in [-0.05, 0) is 101 Å². The molecule has 10 rings (SSSR count). The number of aryl methyl sites for hydroxylation is 1. The first-order chi connectivity index (χ1) is 27.1. The van der Waals surface area contributed by atoms with Crippen molar-refractivity contribution in [1.82, 2.24) is 9.13 Å². The number of para-hydroxylation sites is 2. The van der Waals surface area contributed by atoms with Crippen LogP contribution in [0, 0.1) is 29.6 Å². The molecule has 0 radical (unpaired) electrons. The maximum absolute atomic E-state index is 10.7. The summed E-state index contributed by atoms with van der Waals surface area (Å²) in [5.74, 6) is 0. The van der Waals surface area contributed by atoms with Crippen LogP contribution < -0.4 is 0 Å². The zero-order valence-electron chi connectivity index (χ0n) is 30.0. The van der Waals surface area contributed by atoms with E-state index in [0.29, 0.717) is 11.1 Å². The molecule has 0 bridgehead atoms. The van der Waals surface area contributed by atoms with E-state index in [9.17, 15) is 10.5 Å². The lowest BCUT2D eigenvalue weighted by molar-refractivity contribution is 1.13. The fourth-order valence-electron chi connectivity index (χ4n) is 8.40. The molecule has 0 N–H and O–H groups in total. The number of nitrogens with zero attached hydrogens (tertiary/aromatic N) is 4. The first-order valence-electron chi connectivity index (χ1n) is 18.4. The summed E-state index contributed by atoms with van der Waals surface area (Å²) in [5.41, 5.74) is 14.4. The first-order valence-corrected chi connectivity index (χ1v) is 18.4. The van der Waals surface area contributed by atoms with Crippen LogP contribution in [0.25, 0.3) is 88.4 Å². The second-order valence-corrected chi connectivity index (χ2v) is 14.1. The van der Waals surface area contributed by atoms with Crippen molar-refractivity contribution in [2.75, 3.05) is 0 Å². The van der Waals surface area contributed by atoms with Crippen molar-refractivity contribution >= 4 is 43.6 Å². The van der Waals surface area contributed by atoms with Crippen molar-refractivity contribution in [3.63, 3.8) is 0 Å². The average molecular weight is 701 g/mol. The van der Waals surface area contributed by atoms with Gasteiger partial charge in [0.15, 0.2) is 0 Å². The first kappa shape index (κ1) is 32.0. The molecule has 8 aromatic carbocycles. The van der Waals surface area contributed by atoms with Crippen LogP contribution in [0.15, 0.2) is 176 Å². The van der Waals surface area contributed by atoms with Gasteiger partial charge in [-0.2, -0.15) is 10.5 Å². The van der Waals surface area contributed by atoms with Crippen molar-refractivity contribution in [2.45, 2.75) is 6.92 Å². The topological polar surface area (TPSA) is 57.4 Å². The zero-order chi connectivity index (χ0) is 37.0. The standard InChI is InChI=1S/C51H32N4/c1-33-24-34(31-52)26-40(25-33)51-49(54-45-18-10-8-16-41(45)43-29-38(20-22-47(43)54)36-12-4-2-5-13-36)27-35(32-53)28-50(51)55-46-19-11-9-17-42(46)44-30-39(21-23-48(44)55)37-14-6-3-7-15-37/h2-30H,1H3. The largest absolute Gasteiger partial charge is 0.308 e. The number of hydrogen-bond donors (Lipinski definition) is 0. The third-order valence-corrected chi connectivity index (χ3v) is 10.8. The minimum absolute atomic E-state index is 0.542. The van der Waals surface area contributed by atoms with Crippen molar-refractivity contribution in [3.8, 4) is 56.9 Å². The van der Waals surface area contributed by atoms with E-state index in [1.54, 1.807) is 0 Å². The Balaban J connectivity index is 1.35. The Morgan fingerprint density at radius 1 is 0.364 bits per heavy atom. The zero-order valence-corrected chi connectivity index (χ0v) is 30.0. The molecule has 0 amide bonds. The Hall–Kier alpha value is -7.66. The molecule has 0 unspecified atom stereocenters. The van der Waals surface area contributed by atoms with E-state index in [1.165, 1.54) is 0 Å². The summed E-state index contributed by atoms with van der Waals surface area (Å²) in [6, 6.07) is 66.2. The Morgan fingerprint density at radius 2 is 0.800 bits per heavy atom. The van der Waals surface area contributed by atoms with Gasteiger partial charge in [-0.1, -0.05) is 115 Å². The normalized spacial score (nSPS) is 11.3. The van der Waals surface area contributed by atoms with Gasteiger partial charge in [-0.3, -0.25) is 0 Å². The van der Waals surface area contributed by atoms with Crippen LogP contribution in [0.1, 0.15) is 16.7 Å². The highest BCUT2D eigenvalue weighted by molar-refractivity contribution is 6.13. The fourth-order valence-corrected chi connectivity index (χ4v) is 8.40. The molecule has 0 saturated carbocycles. The smallest absolute Gasteiger partial charge is 0.0993 e. The Kier molecular flexibility index (Phi) is 7.44. The second kappa shape index (κ2) is 12.8. The molecule has 2 aromatic heterocycles. The second-order valence-electron chi connectivity index (χ2n) is 14.1. The fraction of sp³-hybridized carbons (Fsp3) is 0.0196. The molecule has 0 atom stereocenters. The average Bonchev–Trinajstić information content (AvgIpc) is 3.75. The van der Waals surface area contributed by atoms with Crippen molar-refractivity contribution < 1.29 is 0 Å². The summed E-state index contributed by atoms with van der Waals surface area (Å²) < 4.78 is 4.60. The molecule has 55 heavy (non-hydrogen) atoms. The number of benzene rings is 8. The molecular weight excluding hydrogens is 669 g/mol. The minimum Gasteiger partial charge on any atom is -0.308 e. The van der Waals surface area contributed by atoms with Crippen LogP contribution in [0.4, 0.5) is 0 Å². The van der Waals surface area contributed by atoms with E-state index in [4.69, 9.17) is 0 Å². The lowest BCUT2D eigenvalue weighted by Crippen LogP contribution is -2.05. The minimum atomic E-state index is 0.542. The third kappa shape index (κ3) is 5.20. The molecule has 256 valence electrons. The summed E-state index contributed by atoms with van der Waals surface area (Å²) in [6.45, 7) is 2.03. The van der Waals surface area contributed by atoms with Gasteiger partial charge < -0.3 is 9.13 Å². The van der Waals surface area contributed by atoms with E-state index in [2.05, 4.69) is 161 Å². The van der Waals surface area contributed by atoms with Crippen molar-refractivity contribution in [1.29, 1.82) is 10.5 Å². The molecule has 0 saturated heterocycles. The molecule has 0 aliphatic rings. The quantitative estimate of drug-likeness (QED) is 0.179. The highest BCUT2D eigenvalue weighted by atomic mass is 15.0. The highest BCUT2D eigenvalue weighted by Gasteiger charge is 2.24. The van der Waals surface area contributed by atoms with Gasteiger partial charge in [0.1, 0.15) is 0 Å². The van der Waals surface area contributed by atoms with Gasteiger partial charge in [0, 0.05) is 27.1 Å². The molecule has 4 nitrogen and oxygen atoms in total. The van der Waals surface area contributed by atoms with E-state index in [-0.39, 0.29) is 0 Å². The van der Waals surface area contributed by atoms with Crippen LogP contribution in [0.5, 0.6) is 0 Å². The Morgan fingerprint density at radius 3 is 1.29 bits per heavy atom. The van der Waals surface area contributed by atoms with Gasteiger partial charge in [0.2, 0.25) is 0 Å². The molecule has 4 heteroatoms. The number of rotatable bonds is 5. The van der Waals surface area contributed by atoms with Gasteiger partial charge >= 0.3 is 0 Å². The van der Waals surface area contributed by atoms with Crippen molar-refractivity contribution in [3.05, 3.63) is 193 Å². The van der Waals surface area contributed by atoms with E-state index in [1.807, 2.05) is 43.3 Å². The lowest BCUT2D eigenvalue weighted by atomic mass is 9.95. The summed E-state index contributed by atoms with van der Waals surface area (Å²) in [6.07, 6.45) is 0. The molecule has 10 aromatic rings. The van der Waals surface area contributed by atoms with E-state index >= 15 is 0 Å². The summed E-state index contributed by atoms with van der Waals surface area (Å²) in [5, 5.41) is 25.5. The lowest BCUT2D eigenvalue weighted by Gasteiger charge is -2.21. The molecule has 0 aliphatic heterocycles. The van der Waals surface area contributed by atoms with Crippen LogP contribution in [-0.2, 0) is 0 Å².